The van der Waals surface area contributed by atoms with E-state index in [9.17, 15) is 9.18 Å². The normalized spacial score (nSPS) is 20.2. The van der Waals surface area contributed by atoms with Crippen molar-refractivity contribution in [1.82, 2.24) is 25.2 Å². The molecule has 33 heavy (non-hydrogen) atoms. The summed E-state index contributed by atoms with van der Waals surface area (Å²) in [7, 11) is 0. The first-order valence-electron chi connectivity index (χ1n) is 10.4. The minimum absolute atomic E-state index is 0.262. The largest absolute Gasteiger partial charge is 0.375 e. The zero-order valence-electron chi connectivity index (χ0n) is 18.2. The Morgan fingerprint density at radius 3 is 3.03 bits per heavy atom. The number of carbonyl (C=O) groups excluding carboxylic acids is 1. The Labute approximate surface area is 194 Å². The van der Waals surface area contributed by atoms with Crippen molar-refractivity contribution in [3.05, 3.63) is 52.9 Å². The van der Waals surface area contributed by atoms with E-state index in [-0.39, 0.29) is 5.69 Å². The van der Waals surface area contributed by atoms with Crippen LogP contribution in [0.4, 0.5) is 10.1 Å². The lowest BCUT2D eigenvalue weighted by molar-refractivity contribution is -0.0921. The monoisotopic (exact) mass is 469 g/mol. The van der Waals surface area contributed by atoms with Crippen LogP contribution in [0.25, 0.3) is 17.0 Å². The average molecular weight is 470 g/mol. The molecule has 1 aliphatic carbocycles. The van der Waals surface area contributed by atoms with Gasteiger partial charge in [-0.2, -0.15) is 10.2 Å². The van der Waals surface area contributed by atoms with Gasteiger partial charge in [0.1, 0.15) is 22.6 Å². The molecule has 0 saturated heterocycles. The number of hydrazone groups is 1. The number of allylic oxidation sites excluding steroid dienone is 1. The van der Waals surface area contributed by atoms with Crippen LogP contribution in [0.2, 0.25) is 0 Å². The minimum Gasteiger partial charge on any atom is -0.375 e. The minimum atomic E-state index is -1.17. The van der Waals surface area contributed by atoms with Crippen LogP contribution in [0.5, 0.6) is 0 Å². The quantitative estimate of drug-likeness (QED) is 0.364. The molecular formula is C22H24FN7O2S. The molecule has 172 valence electrons. The van der Waals surface area contributed by atoms with Gasteiger partial charge in [0.2, 0.25) is 0 Å². The van der Waals surface area contributed by atoms with Crippen LogP contribution < -0.4 is 10.7 Å². The highest BCUT2D eigenvalue weighted by Crippen LogP contribution is 2.39. The molecule has 3 atom stereocenters. The van der Waals surface area contributed by atoms with Gasteiger partial charge in [-0.25, -0.2) is 9.37 Å². The third-order valence-electron chi connectivity index (χ3n) is 5.25. The number of hydrogen-bond acceptors (Lipinski definition) is 8. The summed E-state index contributed by atoms with van der Waals surface area (Å²) in [5, 5.41) is 13.3. The van der Waals surface area contributed by atoms with Gasteiger partial charge in [-0.05, 0) is 26.0 Å². The number of ether oxygens (including phenoxy) is 1. The fourth-order valence-corrected chi connectivity index (χ4v) is 4.25. The first kappa shape index (κ1) is 22.7. The van der Waals surface area contributed by atoms with Crippen LogP contribution >= 0.6 is 11.3 Å². The highest BCUT2D eigenvalue weighted by Gasteiger charge is 2.44. The number of carbonyl (C=O) groups is 1. The third kappa shape index (κ3) is 4.83. The number of thiazole rings is 1. The fraction of sp³-hybridized carbons (Fsp3) is 0.318. The van der Waals surface area contributed by atoms with E-state index in [4.69, 9.17) is 4.74 Å². The molecule has 3 aromatic heterocycles. The topological polar surface area (TPSA) is 106 Å². The van der Waals surface area contributed by atoms with Crippen LogP contribution in [0.1, 0.15) is 41.8 Å². The Kier molecular flexibility index (Phi) is 6.90. The molecule has 0 bridgehead atoms. The SMILES string of the molecule is C=NN/C=C(\C)c1nc(C(=O)Nc2cn([C@H]3C[C@@H](OCC)C3F)nc2-c2ccccn2)cs1. The molecule has 3 aromatic rings. The van der Waals surface area contributed by atoms with E-state index >= 15 is 0 Å². The maximum Gasteiger partial charge on any atom is 0.275 e. The lowest BCUT2D eigenvalue weighted by Crippen LogP contribution is -2.46. The molecule has 0 spiro atoms. The maximum absolute atomic E-state index is 14.6. The number of alkyl halides is 1. The van der Waals surface area contributed by atoms with Crippen LogP contribution in [0, 0.1) is 0 Å². The number of nitrogens with zero attached hydrogens (tertiary/aromatic N) is 5. The molecule has 0 radical (unpaired) electrons. The van der Waals surface area contributed by atoms with Crippen molar-refractivity contribution in [2.75, 3.05) is 11.9 Å². The molecule has 1 unspecified atom stereocenters. The van der Waals surface area contributed by atoms with Gasteiger partial charge in [0, 0.05) is 49.3 Å². The Morgan fingerprint density at radius 1 is 1.48 bits per heavy atom. The zero-order chi connectivity index (χ0) is 23.4. The van der Waals surface area contributed by atoms with E-state index in [2.05, 4.69) is 37.6 Å². The van der Waals surface area contributed by atoms with E-state index in [0.717, 1.165) is 5.57 Å². The predicted molar refractivity (Wildman–Crippen MR) is 126 cm³/mol. The van der Waals surface area contributed by atoms with E-state index in [0.29, 0.717) is 35.1 Å². The second kappa shape index (κ2) is 10.0. The number of nitrogens with one attached hydrogen (secondary N) is 2. The molecule has 0 aliphatic heterocycles. The van der Waals surface area contributed by atoms with Gasteiger partial charge < -0.3 is 10.1 Å². The average Bonchev–Trinajstić information content (AvgIpc) is 3.48. The first-order valence-corrected chi connectivity index (χ1v) is 11.3. The van der Waals surface area contributed by atoms with Gasteiger partial charge in [0.05, 0.1) is 23.5 Å². The Hall–Kier alpha value is -3.44. The molecule has 3 heterocycles. The van der Waals surface area contributed by atoms with Crippen molar-refractivity contribution >= 4 is 35.2 Å². The summed E-state index contributed by atoms with van der Waals surface area (Å²) in [6, 6.07) is 4.94. The molecule has 1 fully saturated rings. The standard InChI is InChI=1S/C22H24FN7O2S/c1-4-32-18-9-17(19(18)23)30-11-15(20(29-30)14-7-5-6-8-25-14)27-21(31)16-12-33-22(28-16)13(2)10-26-24-3/h5-8,10-12,17-19,26H,3-4,9H2,1-2H3,(H,27,31)/b13-10+/t17-,18+,19?/m0/s1. The van der Waals surface area contributed by atoms with Crippen LogP contribution in [0.3, 0.4) is 0 Å². The second-order valence-electron chi connectivity index (χ2n) is 7.43. The molecule has 1 saturated carbocycles. The number of amides is 1. The summed E-state index contributed by atoms with van der Waals surface area (Å²) in [6.07, 6.45) is 3.84. The second-order valence-corrected chi connectivity index (χ2v) is 8.29. The van der Waals surface area contributed by atoms with E-state index in [1.54, 1.807) is 40.8 Å². The van der Waals surface area contributed by atoms with Crippen molar-refractivity contribution in [3.8, 4) is 11.4 Å². The molecule has 9 nitrogen and oxygen atoms in total. The highest BCUT2D eigenvalue weighted by atomic mass is 32.1. The van der Waals surface area contributed by atoms with Crippen molar-refractivity contribution in [2.45, 2.75) is 38.6 Å². The molecule has 2 N–H and O–H groups in total. The van der Waals surface area contributed by atoms with Gasteiger partial charge in [-0.15, -0.1) is 11.3 Å². The first-order chi connectivity index (χ1) is 16.0. The van der Waals surface area contributed by atoms with Crippen molar-refractivity contribution < 1.29 is 13.9 Å². The lowest BCUT2D eigenvalue weighted by Gasteiger charge is -2.38. The number of rotatable bonds is 9. The Bertz CT molecular complexity index is 1160. The summed E-state index contributed by atoms with van der Waals surface area (Å²) in [5.41, 5.74) is 5.20. The van der Waals surface area contributed by atoms with Crippen molar-refractivity contribution in [1.29, 1.82) is 0 Å². The number of halogens is 1. The molecule has 1 aliphatic rings. The van der Waals surface area contributed by atoms with Gasteiger partial charge >= 0.3 is 0 Å². The van der Waals surface area contributed by atoms with E-state index < -0.39 is 24.2 Å². The summed E-state index contributed by atoms with van der Waals surface area (Å²) in [4.78, 5) is 21.7. The summed E-state index contributed by atoms with van der Waals surface area (Å²) in [5.74, 6) is -0.394. The Balaban J connectivity index is 1.58. The summed E-state index contributed by atoms with van der Waals surface area (Å²) < 4.78 is 21.6. The van der Waals surface area contributed by atoms with Crippen LogP contribution in [0.15, 0.2) is 47.3 Å². The van der Waals surface area contributed by atoms with Gasteiger partial charge in [-0.3, -0.25) is 19.9 Å². The maximum atomic E-state index is 14.6. The predicted octanol–water partition coefficient (Wildman–Crippen LogP) is 3.91. The molecule has 4 rings (SSSR count). The van der Waals surface area contributed by atoms with Crippen LogP contribution in [-0.2, 0) is 4.74 Å². The lowest BCUT2D eigenvalue weighted by atomic mass is 9.87. The van der Waals surface area contributed by atoms with Crippen LogP contribution in [-0.4, -0.2) is 51.3 Å². The van der Waals surface area contributed by atoms with Crippen molar-refractivity contribution in [3.63, 3.8) is 0 Å². The number of pyridine rings is 1. The molecular weight excluding hydrogens is 445 g/mol. The van der Waals surface area contributed by atoms with E-state index in [1.807, 2.05) is 19.9 Å². The third-order valence-corrected chi connectivity index (χ3v) is 6.23. The number of hydrogen-bond donors (Lipinski definition) is 2. The zero-order valence-corrected chi connectivity index (χ0v) is 19.1. The van der Waals surface area contributed by atoms with Crippen molar-refractivity contribution in [2.24, 2.45) is 5.10 Å². The summed E-state index contributed by atoms with van der Waals surface area (Å²) in [6.45, 7) is 7.50. The van der Waals surface area contributed by atoms with Gasteiger partial charge in [0.25, 0.3) is 5.91 Å². The smallest absolute Gasteiger partial charge is 0.275 e. The highest BCUT2D eigenvalue weighted by molar-refractivity contribution is 7.11. The molecule has 1 amide bonds. The fourth-order valence-electron chi connectivity index (χ4n) is 3.47. The Morgan fingerprint density at radius 2 is 2.33 bits per heavy atom. The summed E-state index contributed by atoms with van der Waals surface area (Å²) >= 11 is 1.34. The van der Waals surface area contributed by atoms with E-state index in [1.165, 1.54) is 11.3 Å². The van der Waals surface area contributed by atoms with Gasteiger partial charge in [-0.1, -0.05) is 6.07 Å². The molecule has 11 heteroatoms. The van der Waals surface area contributed by atoms with Gasteiger partial charge in [0.15, 0.2) is 0 Å². The number of aromatic nitrogens is 4. The molecule has 0 aromatic carbocycles. The number of anilines is 1.